The van der Waals surface area contributed by atoms with E-state index in [1.807, 2.05) is 13.8 Å². The summed E-state index contributed by atoms with van der Waals surface area (Å²) in [7, 11) is 0. The van der Waals surface area contributed by atoms with Gasteiger partial charge in [-0.1, -0.05) is 18.1 Å². The molecular formula is C17H18F2N2O2. The van der Waals surface area contributed by atoms with Crippen LogP contribution in [0, 0.1) is 18.6 Å². The van der Waals surface area contributed by atoms with E-state index in [1.165, 1.54) is 11.0 Å². The first-order valence-corrected chi connectivity index (χ1v) is 7.74. The van der Waals surface area contributed by atoms with Gasteiger partial charge in [-0.3, -0.25) is 4.79 Å². The smallest absolute Gasteiger partial charge is 0.260 e. The van der Waals surface area contributed by atoms with Crippen molar-refractivity contribution in [1.82, 2.24) is 10.1 Å². The molecule has 1 aliphatic rings. The SMILES string of the molecule is CCc1onc(C)c1[C@H]1CCCN1C(=O)c1c(F)cccc1F. The Bertz CT molecular complexity index is 722. The molecule has 0 unspecified atom stereocenters. The van der Waals surface area contributed by atoms with Crippen molar-refractivity contribution >= 4 is 5.91 Å². The van der Waals surface area contributed by atoms with Crippen molar-refractivity contribution < 1.29 is 18.1 Å². The van der Waals surface area contributed by atoms with E-state index in [9.17, 15) is 13.6 Å². The van der Waals surface area contributed by atoms with Gasteiger partial charge in [0.25, 0.3) is 5.91 Å². The van der Waals surface area contributed by atoms with Crippen LogP contribution in [0.3, 0.4) is 0 Å². The molecule has 122 valence electrons. The molecular weight excluding hydrogens is 302 g/mol. The molecule has 1 aromatic carbocycles. The molecule has 0 aliphatic carbocycles. The minimum absolute atomic E-state index is 0.247. The Kier molecular flexibility index (Phi) is 4.15. The molecule has 1 fully saturated rings. The van der Waals surface area contributed by atoms with Gasteiger partial charge in [0.1, 0.15) is 23.0 Å². The van der Waals surface area contributed by atoms with Crippen LogP contribution in [0.4, 0.5) is 8.78 Å². The van der Waals surface area contributed by atoms with Crippen molar-refractivity contribution in [2.45, 2.75) is 39.2 Å². The molecule has 23 heavy (non-hydrogen) atoms. The number of likely N-dealkylation sites (tertiary alicyclic amines) is 1. The molecule has 4 nitrogen and oxygen atoms in total. The summed E-state index contributed by atoms with van der Waals surface area (Å²) in [5, 5.41) is 3.97. The minimum atomic E-state index is -0.835. The highest BCUT2D eigenvalue weighted by Gasteiger charge is 2.36. The summed E-state index contributed by atoms with van der Waals surface area (Å²) in [6, 6.07) is 3.21. The molecule has 1 atom stereocenters. The van der Waals surface area contributed by atoms with E-state index < -0.39 is 23.1 Å². The number of benzene rings is 1. The highest BCUT2D eigenvalue weighted by molar-refractivity contribution is 5.95. The zero-order chi connectivity index (χ0) is 16.6. The Morgan fingerprint density at radius 3 is 2.74 bits per heavy atom. The first kappa shape index (κ1) is 15.6. The van der Waals surface area contributed by atoms with Crippen LogP contribution in [0.1, 0.15) is 53.2 Å². The molecule has 6 heteroatoms. The minimum Gasteiger partial charge on any atom is -0.361 e. The summed E-state index contributed by atoms with van der Waals surface area (Å²) < 4.78 is 33.2. The number of hydrogen-bond acceptors (Lipinski definition) is 3. The van der Waals surface area contributed by atoms with Crippen LogP contribution in [-0.4, -0.2) is 22.5 Å². The third-order valence-corrected chi connectivity index (χ3v) is 4.33. The number of halogens is 2. The fourth-order valence-corrected chi connectivity index (χ4v) is 3.26. The third-order valence-electron chi connectivity index (χ3n) is 4.33. The number of amides is 1. The van der Waals surface area contributed by atoms with Crippen molar-refractivity contribution in [3.63, 3.8) is 0 Å². The van der Waals surface area contributed by atoms with Gasteiger partial charge in [0.15, 0.2) is 0 Å². The largest absolute Gasteiger partial charge is 0.361 e. The Balaban J connectivity index is 1.99. The van der Waals surface area contributed by atoms with Crippen LogP contribution in [-0.2, 0) is 6.42 Å². The van der Waals surface area contributed by atoms with Crippen LogP contribution >= 0.6 is 0 Å². The first-order chi connectivity index (χ1) is 11.0. The summed E-state index contributed by atoms with van der Waals surface area (Å²) in [5.74, 6) is -1.57. The van der Waals surface area contributed by atoms with Gasteiger partial charge in [-0.05, 0) is 31.9 Å². The Labute approximate surface area is 133 Å². The normalized spacial score (nSPS) is 17.7. The van der Waals surface area contributed by atoms with Gasteiger partial charge in [0.05, 0.1) is 11.7 Å². The lowest BCUT2D eigenvalue weighted by Crippen LogP contribution is -2.32. The number of carbonyl (C=O) groups excluding carboxylic acids is 1. The summed E-state index contributed by atoms with van der Waals surface area (Å²) in [6.07, 6.45) is 2.17. The number of rotatable bonds is 3. The summed E-state index contributed by atoms with van der Waals surface area (Å²) in [4.78, 5) is 14.2. The molecule has 3 rings (SSSR count). The highest BCUT2D eigenvalue weighted by Crippen LogP contribution is 2.37. The van der Waals surface area contributed by atoms with Gasteiger partial charge >= 0.3 is 0 Å². The van der Waals surface area contributed by atoms with Crippen molar-refractivity contribution in [3.05, 3.63) is 52.4 Å². The maximum Gasteiger partial charge on any atom is 0.260 e. The molecule has 1 aromatic heterocycles. The molecule has 1 saturated heterocycles. The molecule has 2 aromatic rings. The Morgan fingerprint density at radius 1 is 1.39 bits per heavy atom. The summed E-state index contributed by atoms with van der Waals surface area (Å²) in [6.45, 7) is 4.23. The van der Waals surface area contributed by atoms with Crippen molar-refractivity contribution in [2.24, 2.45) is 0 Å². The fourth-order valence-electron chi connectivity index (χ4n) is 3.26. The molecule has 0 radical (unpaired) electrons. The monoisotopic (exact) mass is 320 g/mol. The van der Waals surface area contributed by atoms with E-state index in [2.05, 4.69) is 5.16 Å². The average Bonchev–Trinajstić information content (AvgIpc) is 3.12. The number of hydrogen-bond donors (Lipinski definition) is 0. The molecule has 0 N–H and O–H groups in total. The third kappa shape index (κ3) is 2.62. The van der Waals surface area contributed by atoms with Gasteiger partial charge in [-0.25, -0.2) is 8.78 Å². The topological polar surface area (TPSA) is 46.3 Å². The second-order valence-corrected chi connectivity index (χ2v) is 5.71. The number of nitrogens with zero attached hydrogens (tertiary/aromatic N) is 2. The van der Waals surface area contributed by atoms with E-state index in [0.717, 1.165) is 42.0 Å². The lowest BCUT2D eigenvalue weighted by Gasteiger charge is -2.25. The maximum absolute atomic E-state index is 13.9. The summed E-state index contributed by atoms with van der Waals surface area (Å²) in [5.41, 5.74) is 1.10. The maximum atomic E-state index is 13.9. The van der Waals surface area contributed by atoms with E-state index in [4.69, 9.17) is 4.52 Å². The van der Waals surface area contributed by atoms with Crippen LogP contribution in [0.25, 0.3) is 0 Å². The van der Waals surface area contributed by atoms with E-state index in [0.29, 0.717) is 13.0 Å². The van der Waals surface area contributed by atoms with Crippen LogP contribution in [0.5, 0.6) is 0 Å². The zero-order valence-electron chi connectivity index (χ0n) is 13.1. The predicted octanol–water partition coefficient (Wildman–Crippen LogP) is 3.80. The number of carbonyl (C=O) groups is 1. The molecule has 1 amide bonds. The van der Waals surface area contributed by atoms with Crippen molar-refractivity contribution in [1.29, 1.82) is 0 Å². The van der Waals surface area contributed by atoms with Gasteiger partial charge < -0.3 is 9.42 Å². The van der Waals surface area contributed by atoms with E-state index in [-0.39, 0.29) is 6.04 Å². The summed E-state index contributed by atoms with van der Waals surface area (Å²) >= 11 is 0. The second kappa shape index (κ2) is 6.10. The lowest BCUT2D eigenvalue weighted by atomic mass is 10.0. The predicted molar refractivity (Wildman–Crippen MR) is 80.0 cm³/mol. The van der Waals surface area contributed by atoms with E-state index in [1.54, 1.807) is 0 Å². The quantitative estimate of drug-likeness (QED) is 0.864. The van der Waals surface area contributed by atoms with E-state index >= 15 is 0 Å². The van der Waals surface area contributed by atoms with Gasteiger partial charge in [-0.2, -0.15) is 0 Å². The molecule has 2 heterocycles. The average molecular weight is 320 g/mol. The first-order valence-electron chi connectivity index (χ1n) is 7.74. The second-order valence-electron chi connectivity index (χ2n) is 5.71. The van der Waals surface area contributed by atoms with Crippen LogP contribution in [0.2, 0.25) is 0 Å². The zero-order valence-corrected chi connectivity index (χ0v) is 13.1. The molecule has 0 saturated carbocycles. The number of aromatic nitrogens is 1. The molecule has 0 bridgehead atoms. The van der Waals surface area contributed by atoms with Gasteiger partial charge in [0.2, 0.25) is 0 Å². The Morgan fingerprint density at radius 2 is 2.09 bits per heavy atom. The van der Waals surface area contributed by atoms with Gasteiger partial charge in [-0.15, -0.1) is 0 Å². The lowest BCUT2D eigenvalue weighted by molar-refractivity contribution is 0.0724. The Hall–Kier alpha value is -2.24. The fraction of sp³-hybridized carbons (Fsp3) is 0.412. The van der Waals surface area contributed by atoms with Crippen molar-refractivity contribution in [3.8, 4) is 0 Å². The number of aryl methyl sites for hydroxylation is 2. The van der Waals surface area contributed by atoms with Crippen molar-refractivity contribution in [2.75, 3.05) is 6.54 Å². The van der Waals surface area contributed by atoms with Gasteiger partial charge in [0, 0.05) is 18.5 Å². The van der Waals surface area contributed by atoms with Crippen LogP contribution in [0.15, 0.2) is 22.7 Å². The molecule has 1 aliphatic heterocycles. The standard InChI is InChI=1S/C17H18F2N2O2/c1-3-14-15(10(2)20-23-14)13-8-5-9-21(13)17(22)16-11(18)6-4-7-12(16)19/h4,6-7,13H,3,5,8-9H2,1-2H3/t13-/m1/s1. The van der Waals surface area contributed by atoms with Crippen LogP contribution < -0.4 is 0 Å². The molecule has 0 spiro atoms. The highest BCUT2D eigenvalue weighted by atomic mass is 19.1.